The van der Waals surface area contributed by atoms with Crippen LogP contribution >= 0.6 is 50.7 Å². The smallest absolute Gasteiger partial charge is 0.335 e. The van der Waals surface area contributed by atoms with E-state index in [-0.39, 0.29) is 17.9 Å². The maximum Gasteiger partial charge on any atom is 0.335 e. The van der Waals surface area contributed by atoms with E-state index in [1.54, 1.807) is 30.3 Å². The molecule has 11 heteroatoms. The average molecular weight is 625 g/mol. The van der Waals surface area contributed by atoms with E-state index in [0.717, 1.165) is 10.5 Å². The first-order chi connectivity index (χ1) is 17.7. The van der Waals surface area contributed by atoms with Gasteiger partial charge in [-0.15, -0.1) is 0 Å². The molecule has 0 saturated carbocycles. The Kier molecular flexibility index (Phi) is 8.44. The summed E-state index contributed by atoms with van der Waals surface area (Å²) in [5, 5.41) is 3.61. The zero-order valence-corrected chi connectivity index (χ0v) is 23.0. The van der Waals surface area contributed by atoms with Crippen molar-refractivity contribution < 1.29 is 23.9 Å². The highest BCUT2D eigenvalue weighted by Gasteiger charge is 2.37. The summed E-state index contributed by atoms with van der Waals surface area (Å²) in [5.41, 5.74) is 1.22. The third-order valence-electron chi connectivity index (χ3n) is 5.25. The number of nitrogens with zero attached hydrogens (tertiary/aromatic N) is 1. The van der Waals surface area contributed by atoms with Crippen molar-refractivity contribution in [2.75, 3.05) is 11.5 Å². The summed E-state index contributed by atoms with van der Waals surface area (Å²) in [6, 6.07) is 13.6. The highest BCUT2D eigenvalue weighted by molar-refractivity contribution is 9.10. The molecule has 1 aliphatic rings. The molecule has 7 nitrogen and oxygen atoms in total. The lowest BCUT2D eigenvalue weighted by atomic mass is 10.1. The number of urea groups is 1. The van der Waals surface area contributed by atoms with Gasteiger partial charge >= 0.3 is 6.03 Å². The number of hydrogen-bond donors (Lipinski definition) is 1. The third-order valence-corrected chi connectivity index (χ3v) is 6.77. The standard InChI is InChI=1S/C26H18BrCl3N2O5/c1-2-36-22-10-15(20(27)12-23(22)37-13-14-3-4-17(29)11-21(14)30)9-19-24(33)31-26(35)32(25(19)34)18-7-5-16(28)6-8-18/h3-12H,2,13H2,1H3,(H,31,33,35)/b19-9+. The number of imide groups is 2. The molecular weight excluding hydrogens is 607 g/mol. The molecule has 0 aliphatic carbocycles. The van der Waals surface area contributed by atoms with Crippen LogP contribution in [-0.2, 0) is 16.2 Å². The van der Waals surface area contributed by atoms with Gasteiger partial charge in [-0.25, -0.2) is 9.69 Å². The molecule has 0 bridgehead atoms. The monoisotopic (exact) mass is 622 g/mol. The number of halogens is 4. The molecule has 1 aliphatic heterocycles. The Bertz CT molecular complexity index is 1430. The molecule has 4 amide bonds. The number of nitrogens with one attached hydrogen (secondary N) is 1. The Morgan fingerprint density at radius 2 is 1.59 bits per heavy atom. The first-order valence-corrected chi connectivity index (χ1v) is 12.8. The molecular formula is C26H18BrCl3N2O5. The second-order valence-corrected chi connectivity index (χ2v) is 9.85. The average Bonchev–Trinajstić information content (AvgIpc) is 2.84. The van der Waals surface area contributed by atoms with E-state index < -0.39 is 17.8 Å². The van der Waals surface area contributed by atoms with Crippen molar-refractivity contribution in [3.63, 3.8) is 0 Å². The fourth-order valence-corrected chi connectivity index (χ4v) is 4.50. The predicted octanol–water partition coefficient (Wildman–Crippen LogP) is 7.05. The summed E-state index contributed by atoms with van der Waals surface area (Å²) in [7, 11) is 0. The quantitative estimate of drug-likeness (QED) is 0.225. The van der Waals surface area contributed by atoms with Crippen LogP contribution in [0.15, 0.2) is 64.6 Å². The largest absolute Gasteiger partial charge is 0.490 e. The van der Waals surface area contributed by atoms with E-state index in [4.69, 9.17) is 44.3 Å². The summed E-state index contributed by atoms with van der Waals surface area (Å²) in [6.45, 7) is 2.31. The molecule has 1 fully saturated rings. The molecule has 1 heterocycles. The molecule has 0 atom stereocenters. The fourth-order valence-electron chi connectivity index (χ4n) is 3.47. The Hall–Kier alpha value is -3.04. The zero-order valence-electron chi connectivity index (χ0n) is 19.2. The first-order valence-electron chi connectivity index (χ1n) is 10.9. The molecule has 3 aromatic carbocycles. The molecule has 37 heavy (non-hydrogen) atoms. The minimum absolute atomic E-state index is 0.155. The number of rotatable bonds is 7. The number of ether oxygens (including phenoxy) is 2. The van der Waals surface area contributed by atoms with Crippen LogP contribution in [0.3, 0.4) is 0 Å². The van der Waals surface area contributed by atoms with Gasteiger partial charge in [-0.05, 0) is 67.1 Å². The molecule has 1 N–H and O–H groups in total. The Morgan fingerprint density at radius 3 is 2.27 bits per heavy atom. The van der Waals surface area contributed by atoms with Gasteiger partial charge in [0, 0.05) is 25.1 Å². The molecule has 3 aromatic rings. The molecule has 4 rings (SSSR count). The number of barbiturate groups is 1. The molecule has 0 radical (unpaired) electrons. The van der Waals surface area contributed by atoms with Crippen molar-refractivity contribution >= 4 is 80.3 Å². The van der Waals surface area contributed by atoms with Gasteiger partial charge in [-0.2, -0.15) is 0 Å². The van der Waals surface area contributed by atoms with E-state index in [1.807, 2.05) is 6.92 Å². The van der Waals surface area contributed by atoms with Crippen LogP contribution in [-0.4, -0.2) is 24.5 Å². The number of amides is 4. The lowest BCUT2D eigenvalue weighted by Gasteiger charge is -2.26. The van der Waals surface area contributed by atoms with Crippen LogP contribution in [0.2, 0.25) is 15.1 Å². The molecule has 0 spiro atoms. The summed E-state index contributed by atoms with van der Waals surface area (Å²) in [5.74, 6) is -0.794. The third kappa shape index (κ3) is 6.10. The van der Waals surface area contributed by atoms with Gasteiger partial charge in [-0.1, -0.05) is 56.8 Å². The van der Waals surface area contributed by atoms with Crippen LogP contribution in [0.5, 0.6) is 11.5 Å². The molecule has 190 valence electrons. The van der Waals surface area contributed by atoms with Crippen LogP contribution in [0.25, 0.3) is 6.08 Å². The van der Waals surface area contributed by atoms with E-state index in [2.05, 4.69) is 21.2 Å². The van der Waals surface area contributed by atoms with E-state index in [1.165, 1.54) is 30.3 Å². The Labute approximate surface area is 236 Å². The molecule has 0 unspecified atom stereocenters. The minimum atomic E-state index is -0.854. The Balaban J connectivity index is 1.66. The summed E-state index contributed by atoms with van der Waals surface area (Å²) >= 11 is 21.6. The zero-order chi connectivity index (χ0) is 26.7. The number of carbonyl (C=O) groups is 3. The second kappa shape index (κ2) is 11.6. The fraction of sp³-hybridized carbons (Fsp3) is 0.115. The number of anilines is 1. The van der Waals surface area contributed by atoms with Crippen molar-refractivity contribution in [1.29, 1.82) is 0 Å². The van der Waals surface area contributed by atoms with Gasteiger partial charge < -0.3 is 9.47 Å². The topological polar surface area (TPSA) is 84.9 Å². The number of carbonyl (C=O) groups excluding carboxylic acids is 3. The number of benzene rings is 3. The van der Waals surface area contributed by atoms with Crippen LogP contribution < -0.4 is 19.7 Å². The van der Waals surface area contributed by atoms with Gasteiger partial charge in [0.2, 0.25) is 0 Å². The van der Waals surface area contributed by atoms with Gasteiger partial charge in [0.1, 0.15) is 12.2 Å². The summed E-state index contributed by atoms with van der Waals surface area (Å²) in [6.07, 6.45) is 1.37. The van der Waals surface area contributed by atoms with Gasteiger partial charge in [0.25, 0.3) is 11.8 Å². The van der Waals surface area contributed by atoms with Gasteiger partial charge in [0.05, 0.1) is 12.3 Å². The summed E-state index contributed by atoms with van der Waals surface area (Å²) < 4.78 is 12.2. The number of hydrogen-bond acceptors (Lipinski definition) is 5. The van der Waals surface area contributed by atoms with Crippen molar-refractivity contribution in [3.8, 4) is 11.5 Å². The summed E-state index contributed by atoms with van der Waals surface area (Å²) in [4.78, 5) is 39.1. The maximum atomic E-state index is 13.2. The first kappa shape index (κ1) is 27.0. The van der Waals surface area contributed by atoms with Gasteiger partial charge in [-0.3, -0.25) is 14.9 Å². The van der Waals surface area contributed by atoms with Crippen molar-refractivity contribution in [2.45, 2.75) is 13.5 Å². The van der Waals surface area contributed by atoms with Crippen molar-refractivity contribution in [2.24, 2.45) is 0 Å². The van der Waals surface area contributed by atoms with Gasteiger partial charge in [0.15, 0.2) is 11.5 Å². The van der Waals surface area contributed by atoms with Crippen molar-refractivity contribution in [3.05, 3.63) is 90.8 Å². The van der Waals surface area contributed by atoms with E-state index in [9.17, 15) is 14.4 Å². The van der Waals surface area contributed by atoms with E-state index in [0.29, 0.717) is 43.2 Å². The lowest BCUT2D eigenvalue weighted by Crippen LogP contribution is -2.54. The SMILES string of the molecule is CCOc1cc(/C=C2\C(=O)NC(=O)N(c3ccc(Cl)cc3)C2=O)c(Br)cc1OCc1ccc(Cl)cc1Cl. The second-order valence-electron chi connectivity index (χ2n) is 7.71. The minimum Gasteiger partial charge on any atom is -0.490 e. The lowest BCUT2D eigenvalue weighted by molar-refractivity contribution is -0.122. The van der Waals surface area contributed by atoms with E-state index >= 15 is 0 Å². The molecule has 0 aromatic heterocycles. The van der Waals surface area contributed by atoms with Crippen molar-refractivity contribution in [1.82, 2.24) is 5.32 Å². The highest BCUT2D eigenvalue weighted by Crippen LogP contribution is 2.36. The van der Waals surface area contributed by atoms with Crippen LogP contribution in [0, 0.1) is 0 Å². The Morgan fingerprint density at radius 1 is 0.919 bits per heavy atom. The predicted molar refractivity (Wildman–Crippen MR) is 147 cm³/mol. The van der Waals surface area contributed by atoms with Crippen LogP contribution in [0.1, 0.15) is 18.1 Å². The van der Waals surface area contributed by atoms with Crippen LogP contribution in [0.4, 0.5) is 10.5 Å². The normalized spacial score (nSPS) is 14.7. The highest BCUT2D eigenvalue weighted by atomic mass is 79.9. The molecule has 1 saturated heterocycles. The maximum absolute atomic E-state index is 13.2.